The molecule has 0 heteroatoms. The molecule has 0 aliphatic heterocycles. The summed E-state index contributed by atoms with van der Waals surface area (Å²) in [4.78, 5) is 0. The van der Waals surface area contributed by atoms with E-state index in [1.807, 2.05) is 0 Å². The van der Waals surface area contributed by atoms with Crippen molar-refractivity contribution >= 4 is 0 Å². The number of unbranched alkanes of at least 4 members (excludes halogenated alkanes) is 4. The zero-order chi connectivity index (χ0) is 25.0. The number of aryl methyl sites for hydroxylation is 2. The Kier molecular flexibility index (Phi) is 10.7. The quantitative estimate of drug-likeness (QED) is 0.213. The van der Waals surface area contributed by atoms with Crippen LogP contribution in [0.2, 0.25) is 0 Å². The Labute approximate surface area is 221 Å². The van der Waals surface area contributed by atoms with Crippen LogP contribution in [0.15, 0.2) is 72.8 Å². The van der Waals surface area contributed by atoms with E-state index in [1.165, 1.54) is 123 Å². The summed E-state index contributed by atoms with van der Waals surface area (Å²) in [5, 5.41) is 0. The van der Waals surface area contributed by atoms with Gasteiger partial charge in [-0.3, -0.25) is 0 Å². The van der Waals surface area contributed by atoms with Gasteiger partial charge in [-0.1, -0.05) is 151 Å². The summed E-state index contributed by atoms with van der Waals surface area (Å²) in [6.07, 6.45) is 19.2. The highest BCUT2D eigenvalue weighted by Gasteiger charge is 2.20. The zero-order valence-electron chi connectivity index (χ0n) is 23.0. The van der Waals surface area contributed by atoms with E-state index >= 15 is 0 Å². The fraction of sp³-hybridized carbons (Fsp3) is 0.500. The van der Waals surface area contributed by atoms with Crippen LogP contribution in [-0.2, 0) is 12.8 Å². The van der Waals surface area contributed by atoms with Crippen molar-refractivity contribution in [2.45, 2.75) is 104 Å². The van der Waals surface area contributed by atoms with Crippen LogP contribution in [0.25, 0.3) is 22.3 Å². The molecule has 3 aromatic rings. The van der Waals surface area contributed by atoms with Gasteiger partial charge in [0.15, 0.2) is 0 Å². The summed E-state index contributed by atoms with van der Waals surface area (Å²) in [5.74, 6) is 1.96. The van der Waals surface area contributed by atoms with Crippen LogP contribution in [0, 0.1) is 11.8 Å². The lowest BCUT2D eigenvalue weighted by atomic mass is 9.78. The van der Waals surface area contributed by atoms with Gasteiger partial charge in [-0.25, -0.2) is 0 Å². The van der Waals surface area contributed by atoms with Crippen molar-refractivity contribution in [2.75, 3.05) is 0 Å². The summed E-state index contributed by atoms with van der Waals surface area (Å²) in [6, 6.07) is 27.7. The first kappa shape index (κ1) is 26.7. The molecular formula is C36H48. The van der Waals surface area contributed by atoms with Crippen LogP contribution in [0.1, 0.15) is 102 Å². The first-order valence-corrected chi connectivity index (χ1v) is 15.0. The molecule has 192 valence electrons. The lowest BCUT2D eigenvalue weighted by molar-refractivity contribution is 0.252. The second-order valence-electron chi connectivity index (χ2n) is 11.3. The summed E-state index contributed by atoms with van der Waals surface area (Å²) in [5.41, 5.74) is 8.22. The van der Waals surface area contributed by atoms with E-state index in [9.17, 15) is 0 Å². The van der Waals surface area contributed by atoms with E-state index in [4.69, 9.17) is 0 Å². The molecule has 1 fully saturated rings. The molecule has 4 rings (SSSR count). The maximum absolute atomic E-state index is 2.35. The van der Waals surface area contributed by atoms with Gasteiger partial charge in [0.2, 0.25) is 0 Å². The number of hydrogen-bond acceptors (Lipinski definition) is 0. The molecular weight excluding hydrogens is 432 g/mol. The Morgan fingerprint density at radius 3 is 1.33 bits per heavy atom. The minimum atomic E-state index is 0.949. The number of rotatable bonds is 13. The van der Waals surface area contributed by atoms with E-state index < -0.39 is 0 Å². The Hall–Kier alpha value is -2.34. The summed E-state index contributed by atoms with van der Waals surface area (Å²) in [7, 11) is 0. The molecule has 0 atom stereocenters. The van der Waals surface area contributed by atoms with Crippen LogP contribution in [-0.4, -0.2) is 0 Å². The molecule has 1 saturated carbocycles. The molecule has 3 aromatic carbocycles. The van der Waals surface area contributed by atoms with Crippen molar-refractivity contribution < 1.29 is 0 Å². The van der Waals surface area contributed by atoms with Crippen LogP contribution in [0.5, 0.6) is 0 Å². The predicted octanol–water partition coefficient (Wildman–Crippen LogP) is 11.1. The van der Waals surface area contributed by atoms with Crippen molar-refractivity contribution in [2.24, 2.45) is 11.8 Å². The molecule has 0 saturated heterocycles. The third kappa shape index (κ3) is 8.09. The molecule has 0 unspecified atom stereocenters. The lowest BCUT2D eigenvalue weighted by Crippen LogP contribution is -2.15. The van der Waals surface area contributed by atoms with Crippen molar-refractivity contribution in [3.05, 3.63) is 83.9 Å². The SMILES string of the molecule is CCCCCCCc1ccc(-c2ccc(-c3ccc(CC[C@H]4CC[C@H](CCC)CC4)cc3)cc2)cc1. The van der Waals surface area contributed by atoms with E-state index in [0.717, 1.165) is 11.8 Å². The highest BCUT2D eigenvalue weighted by molar-refractivity contribution is 5.70. The van der Waals surface area contributed by atoms with Crippen molar-refractivity contribution in [3.8, 4) is 22.3 Å². The van der Waals surface area contributed by atoms with Crippen molar-refractivity contribution in [1.29, 1.82) is 0 Å². The van der Waals surface area contributed by atoms with Gasteiger partial charge < -0.3 is 0 Å². The van der Waals surface area contributed by atoms with Gasteiger partial charge >= 0.3 is 0 Å². The van der Waals surface area contributed by atoms with E-state index in [1.54, 1.807) is 0 Å². The molecule has 0 N–H and O–H groups in total. The second-order valence-corrected chi connectivity index (χ2v) is 11.3. The second kappa shape index (κ2) is 14.4. The molecule has 1 aliphatic rings. The third-order valence-electron chi connectivity index (χ3n) is 8.53. The van der Waals surface area contributed by atoms with Gasteiger partial charge in [0.1, 0.15) is 0 Å². The van der Waals surface area contributed by atoms with Gasteiger partial charge in [-0.15, -0.1) is 0 Å². The topological polar surface area (TPSA) is 0 Å². The third-order valence-corrected chi connectivity index (χ3v) is 8.53. The maximum Gasteiger partial charge on any atom is -0.0184 e. The Morgan fingerprint density at radius 1 is 0.444 bits per heavy atom. The minimum Gasteiger partial charge on any atom is -0.0654 e. The molecule has 0 heterocycles. The molecule has 0 radical (unpaired) electrons. The average molecular weight is 481 g/mol. The Balaban J connectivity index is 1.25. The molecule has 0 nitrogen and oxygen atoms in total. The molecule has 0 amide bonds. The van der Waals surface area contributed by atoms with Crippen LogP contribution < -0.4 is 0 Å². The fourth-order valence-electron chi connectivity index (χ4n) is 6.10. The molecule has 0 bridgehead atoms. The highest BCUT2D eigenvalue weighted by atomic mass is 14.3. The average Bonchev–Trinajstić information content (AvgIpc) is 2.93. The smallest absolute Gasteiger partial charge is 0.0184 e. The van der Waals surface area contributed by atoms with Gasteiger partial charge in [0, 0.05) is 0 Å². The fourth-order valence-corrected chi connectivity index (χ4v) is 6.10. The number of hydrogen-bond donors (Lipinski definition) is 0. The first-order valence-electron chi connectivity index (χ1n) is 15.0. The molecule has 1 aliphatic carbocycles. The molecule has 0 aromatic heterocycles. The minimum absolute atomic E-state index is 0.949. The standard InChI is InChI=1S/C36H48/c1-3-5-6-7-8-10-30-17-21-33(22-18-30)35-25-27-36(28-26-35)34-23-19-32(20-24-34)16-15-31-13-11-29(9-4-2)12-14-31/h17-29,31H,3-16H2,1-2H3/t29-,31-. The van der Waals surface area contributed by atoms with Crippen molar-refractivity contribution in [1.82, 2.24) is 0 Å². The Bertz CT molecular complexity index is 985. The lowest BCUT2D eigenvalue weighted by Gasteiger charge is -2.28. The Morgan fingerprint density at radius 2 is 0.861 bits per heavy atom. The van der Waals surface area contributed by atoms with E-state index in [0.29, 0.717) is 0 Å². The van der Waals surface area contributed by atoms with Crippen LogP contribution >= 0.6 is 0 Å². The van der Waals surface area contributed by atoms with Gasteiger partial charge in [0.25, 0.3) is 0 Å². The predicted molar refractivity (Wildman–Crippen MR) is 158 cm³/mol. The van der Waals surface area contributed by atoms with Crippen molar-refractivity contribution in [3.63, 3.8) is 0 Å². The first-order chi connectivity index (χ1) is 17.7. The molecule has 36 heavy (non-hydrogen) atoms. The monoisotopic (exact) mass is 480 g/mol. The zero-order valence-corrected chi connectivity index (χ0v) is 23.0. The van der Waals surface area contributed by atoms with Crippen LogP contribution in [0.3, 0.4) is 0 Å². The molecule has 0 spiro atoms. The van der Waals surface area contributed by atoms with Gasteiger partial charge in [-0.2, -0.15) is 0 Å². The summed E-state index contributed by atoms with van der Waals surface area (Å²) >= 11 is 0. The largest absolute Gasteiger partial charge is 0.0654 e. The normalized spacial score (nSPS) is 17.8. The summed E-state index contributed by atoms with van der Waals surface area (Å²) < 4.78 is 0. The van der Waals surface area contributed by atoms with Gasteiger partial charge in [-0.05, 0) is 70.9 Å². The maximum atomic E-state index is 2.35. The number of benzene rings is 3. The van der Waals surface area contributed by atoms with E-state index in [2.05, 4.69) is 86.6 Å². The summed E-state index contributed by atoms with van der Waals surface area (Å²) in [6.45, 7) is 4.61. The van der Waals surface area contributed by atoms with Gasteiger partial charge in [0.05, 0.1) is 0 Å². The van der Waals surface area contributed by atoms with Crippen LogP contribution in [0.4, 0.5) is 0 Å². The highest BCUT2D eigenvalue weighted by Crippen LogP contribution is 2.34. The van der Waals surface area contributed by atoms with E-state index in [-0.39, 0.29) is 0 Å².